The molecule has 1 unspecified atom stereocenters. The number of aromatic nitrogens is 2. The highest BCUT2D eigenvalue weighted by molar-refractivity contribution is 5.28. The molecule has 0 aliphatic heterocycles. The van der Waals surface area contributed by atoms with Crippen molar-refractivity contribution < 1.29 is 9.47 Å². The molecular formula is C13H25N3O2. The van der Waals surface area contributed by atoms with E-state index in [4.69, 9.17) is 15.2 Å². The first-order chi connectivity index (χ1) is 8.26. The minimum Gasteiger partial charge on any atom is -0.493 e. The van der Waals surface area contributed by atoms with Crippen molar-refractivity contribution in [2.45, 2.75) is 52.3 Å². The highest BCUT2D eigenvalue weighted by Gasteiger charge is 2.22. The summed E-state index contributed by atoms with van der Waals surface area (Å²) in [5.41, 5.74) is 6.88. The van der Waals surface area contributed by atoms with Crippen LogP contribution in [0.3, 0.4) is 0 Å². The maximum atomic E-state index is 6.20. The Bertz CT molecular complexity index is 380. The Balaban J connectivity index is 2.89. The van der Waals surface area contributed by atoms with E-state index in [1.54, 1.807) is 13.3 Å². The standard InChI is InChI=1S/C13H25N3O2/c1-9(2)16-12(11(17-6)7-15-16)10(14)8-18-13(3,4)5/h7,9-10H,8,14H2,1-6H3. The van der Waals surface area contributed by atoms with Gasteiger partial charge in [0.1, 0.15) is 0 Å². The summed E-state index contributed by atoms with van der Waals surface area (Å²) in [4.78, 5) is 0. The van der Waals surface area contributed by atoms with E-state index in [1.165, 1.54) is 0 Å². The molecule has 1 aromatic heterocycles. The van der Waals surface area contributed by atoms with Crippen LogP contribution in [0.1, 0.15) is 52.4 Å². The Morgan fingerprint density at radius 1 is 1.39 bits per heavy atom. The van der Waals surface area contributed by atoms with E-state index in [2.05, 4.69) is 18.9 Å². The Morgan fingerprint density at radius 2 is 2.00 bits per heavy atom. The van der Waals surface area contributed by atoms with E-state index in [9.17, 15) is 0 Å². The van der Waals surface area contributed by atoms with Gasteiger partial charge >= 0.3 is 0 Å². The van der Waals surface area contributed by atoms with Gasteiger partial charge < -0.3 is 15.2 Å². The zero-order valence-corrected chi connectivity index (χ0v) is 12.2. The fourth-order valence-electron chi connectivity index (χ4n) is 1.70. The van der Waals surface area contributed by atoms with Crippen molar-refractivity contribution in [3.63, 3.8) is 0 Å². The molecule has 2 N–H and O–H groups in total. The molecule has 5 nitrogen and oxygen atoms in total. The van der Waals surface area contributed by atoms with Crippen molar-refractivity contribution >= 4 is 0 Å². The van der Waals surface area contributed by atoms with Crippen molar-refractivity contribution in [1.82, 2.24) is 9.78 Å². The summed E-state index contributed by atoms with van der Waals surface area (Å²) in [6.07, 6.45) is 1.70. The molecular weight excluding hydrogens is 230 g/mol. The van der Waals surface area contributed by atoms with Gasteiger partial charge in [0.25, 0.3) is 0 Å². The molecule has 0 spiro atoms. The van der Waals surface area contributed by atoms with Crippen molar-refractivity contribution in [2.75, 3.05) is 13.7 Å². The molecule has 1 atom stereocenters. The molecule has 104 valence electrons. The van der Waals surface area contributed by atoms with Gasteiger partial charge in [0, 0.05) is 6.04 Å². The minimum absolute atomic E-state index is 0.201. The van der Waals surface area contributed by atoms with Crippen LogP contribution >= 0.6 is 0 Å². The van der Waals surface area contributed by atoms with E-state index >= 15 is 0 Å². The number of nitrogens with zero attached hydrogens (tertiary/aromatic N) is 2. The number of rotatable bonds is 5. The lowest BCUT2D eigenvalue weighted by molar-refractivity contribution is -0.0114. The monoisotopic (exact) mass is 255 g/mol. The van der Waals surface area contributed by atoms with Gasteiger partial charge in [0.2, 0.25) is 0 Å². The minimum atomic E-state index is -0.246. The second kappa shape index (κ2) is 5.71. The summed E-state index contributed by atoms with van der Waals surface area (Å²) < 4.78 is 12.9. The largest absolute Gasteiger partial charge is 0.493 e. The number of nitrogens with two attached hydrogens (primary N) is 1. The third-order valence-corrected chi connectivity index (χ3v) is 2.55. The molecule has 1 aromatic rings. The molecule has 0 aliphatic rings. The van der Waals surface area contributed by atoms with Crippen LogP contribution in [0.5, 0.6) is 5.75 Å². The first-order valence-electron chi connectivity index (χ1n) is 6.27. The molecule has 0 fully saturated rings. The van der Waals surface area contributed by atoms with Crippen LogP contribution < -0.4 is 10.5 Å². The van der Waals surface area contributed by atoms with E-state index < -0.39 is 0 Å². The fraction of sp³-hybridized carbons (Fsp3) is 0.769. The third-order valence-electron chi connectivity index (χ3n) is 2.55. The predicted octanol–water partition coefficient (Wildman–Crippen LogP) is 2.29. The third kappa shape index (κ3) is 3.71. The van der Waals surface area contributed by atoms with Crippen molar-refractivity contribution in [3.05, 3.63) is 11.9 Å². The maximum absolute atomic E-state index is 6.20. The van der Waals surface area contributed by atoms with Crippen LogP contribution in [0.25, 0.3) is 0 Å². The van der Waals surface area contributed by atoms with Gasteiger partial charge in [-0.15, -0.1) is 0 Å². The van der Waals surface area contributed by atoms with Gasteiger partial charge in [0.05, 0.1) is 37.3 Å². The number of methoxy groups -OCH3 is 1. The Morgan fingerprint density at radius 3 is 2.44 bits per heavy atom. The molecule has 18 heavy (non-hydrogen) atoms. The second-order valence-electron chi connectivity index (χ2n) is 5.67. The number of hydrogen-bond donors (Lipinski definition) is 1. The first-order valence-corrected chi connectivity index (χ1v) is 6.27. The van der Waals surface area contributed by atoms with Crippen LogP contribution in [-0.2, 0) is 4.74 Å². The fourth-order valence-corrected chi connectivity index (χ4v) is 1.70. The van der Waals surface area contributed by atoms with Crippen LogP contribution in [0, 0.1) is 0 Å². The SMILES string of the molecule is COc1cnn(C(C)C)c1C(N)COC(C)(C)C. The smallest absolute Gasteiger partial charge is 0.161 e. The maximum Gasteiger partial charge on any atom is 0.161 e. The average molecular weight is 255 g/mol. The normalized spacial score (nSPS) is 14.0. The lowest BCUT2D eigenvalue weighted by Gasteiger charge is -2.24. The Kier molecular flexibility index (Phi) is 4.76. The van der Waals surface area contributed by atoms with Crippen LogP contribution in [0.15, 0.2) is 6.20 Å². The number of hydrogen-bond acceptors (Lipinski definition) is 4. The number of ether oxygens (including phenoxy) is 2. The quantitative estimate of drug-likeness (QED) is 0.877. The van der Waals surface area contributed by atoms with E-state index in [-0.39, 0.29) is 17.7 Å². The van der Waals surface area contributed by atoms with Crippen LogP contribution in [0.2, 0.25) is 0 Å². The highest BCUT2D eigenvalue weighted by atomic mass is 16.5. The first kappa shape index (κ1) is 15.0. The van der Waals surface area contributed by atoms with E-state index in [0.29, 0.717) is 12.4 Å². The summed E-state index contributed by atoms with van der Waals surface area (Å²) in [7, 11) is 1.63. The molecule has 1 rings (SSSR count). The molecule has 0 amide bonds. The van der Waals surface area contributed by atoms with Gasteiger partial charge in [-0.25, -0.2) is 0 Å². The Labute approximate surface area is 109 Å². The molecule has 0 bridgehead atoms. The lowest BCUT2D eigenvalue weighted by atomic mass is 10.1. The summed E-state index contributed by atoms with van der Waals surface area (Å²) >= 11 is 0. The zero-order chi connectivity index (χ0) is 13.9. The van der Waals surface area contributed by atoms with Crippen LogP contribution in [-0.4, -0.2) is 29.1 Å². The molecule has 5 heteroatoms. The summed E-state index contributed by atoms with van der Waals surface area (Å²) in [6, 6.07) is -0.00587. The van der Waals surface area contributed by atoms with Gasteiger partial charge in [-0.05, 0) is 34.6 Å². The van der Waals surface area contributed by atoms with E-state index in [0.717, 1.165) is 5.69 Å². The molecule has 1 heterocycles. The summed E-state index contributed by atoms with van der Waals surface area (Å²) in [6.45, 7) is 10.6. The molecule has 0 aromatic carbocycles. The molecule has 0 aliphatic carbocycles. The predicted molar refractivity (Wildman–Crippen MR) is 71.8 cm³/mol. The van der Waals surface area contributed by atoms with Gasteiger partial charge in [-0.2, -0.15) is 5.10 Å². The van der Waals surface area contributed by atoms with Crippen molar-refractivity contribution in [1.29, 1.82) is 0 Å². The highest BCUT2D eigenvalue weighted by Crippen LogP contribution is 2.27. The molecule has 0 saturated heterocycles. The van der Waals surface area contributed by atoms with Gasteiger partial charge in [-0.1, -0.05) is 0 Å². The van der Waals surface area contributed by atoms with Crippen molar-refractivity contribution in [3.8, 4) is 5.75 Å². The van der Waals surface area contributed by atoms with E-state index in [1.807, 2.05) is 25.5 Å². The van der Waals surface area contributed by atoms with Gasteiger partial charge in [-0.3, -0.25) is 4.68 Å². The average Bonchev–Trinajstić information content (AvgIpc) is 2.68. The van der Waals surface area contributed by atoms with Crippen LogP contribution in [0.4, 0.5) is 0 Å². The molecule has 0 saturated carbocycles. The lowest BCUT2D eigenvalue weighted by Crippen LogP contribution is -2.28. The summed E-state index contributed by atoms with van der Waals surface area (Å²) in [5, 5.41) is 4.31. The van der Waals surface area contributed by atoms with Gasteiger partial charge in [0.15, 0.2) is 5.75 Å². The summed E-state index contributed by atoms with van der Waals surface area (Å²) in [5.74, 6) is 0.716. The Hall–Kier alpha value is -1.07. The van der Waals surface area contributed by atoms with Crippen molar-refractivity contribution in [2.24, 2.45) is 5.73 Å². The zero-order valence-electron chi connectivity index (χ0n) is 12.2. The second-order valence-corrected chi connectivity index (χ2v) is 5.67. The molecule has 0 radical (unpaired) electrons. The topological polar surface area (TPSA) is 62.3 Å².